The maximum Gasteiger partial charge on any atom is 0.407 e. The maximum absolute atomic E-state index is 14.0. The molecule has 2 aliphatic carbocycles. The first-order chi connectivity index (χ1) is 28.1. The average molecular weight is 783 g/mol. The van der Waals surface area contributed by atoms with E-state index in [9.17, 15) is 14.4 Å². The van der Waals surface area contributed by atoms with Crippen molar-refractivity contribution in [2.45, 2.75) is 83.8 Å². The summed E-state index contributed by atoms with van der Waals surface area (Å²) >= 11 is 0. The minimum Gasteiger partial charge on any atom is -0.453 e. The molecule has 1 saturated heterocycles. The summed E-state index contributed by atoms with van der Waals surface area (Å²) in [4.78, 5) is 62.4. The average Bonchev–Trinajstić information content (AvgIpc) is 4.10. The lowest BCUT2D eigenvalue weighted by Crippen LogP contribution is -2.51. The van der Waals surface area contributed by atoms with Crippen LogP contribution in [0.3, 0.4) is 0 Å². The zero-order valence-electron chi connectivity index (χ0n) is 33.9. The minimum absolute atomic E-state index is 0.0742. The number of imidazole rings is 2. The topological polar surface area (TPSA) is 158 Å². The van der Waals surface area contributed by atoms with Crippen LogP contribution in [0.2, 0.25) is 0 Å². The zero-order valence-corrected chi connectivity index (χ0v) is 33.9. The van der Waals surface area contributed by atoms with Crippen LogP contribution in [0.1, 0.15) is 95.0 Å². The molecule has 12 heteroatoms. The second-order valence-electron chi connectivity index (χ2n) is 17.0. The van der Waals surface area contributed by atoms with Crippen LogP contribution < -0.4 is 10.6 Å². The van der Waals surface area contributed by atoms with Gasteiger partial charge in [-0.05, 0) is 89.7 Å². The highest BCUT2D eigenvalue weighted by molar-refractivity contribution is 5.86. The highest BCUT2D eigenvalue weighted by atomic mass is 16.5. The third-order valence-electron chi connectivity index (χ3n) is 12.7. The Kier molecular flexibility index (Phi) is 11.2. The van der Waals surface area contributed by atoms with Crippen LogP contribution in [-0.2, 0) is 14.3 Å². The number of hydrogen-bond donors (Lipinski definition) is 4. The summed E-state index contributed by atoms with van der Waals surface area (Å²) < 4.78 is 4.77. The van der Waals surface area contributed by atoms with Gasteiger partial charge < -0.3 is 30.2 Å². The SMILES string of the molecule is COC(=O)N[C@H](C(=O)N1CCC[C@H]1c1ncc(-c2ccc(-c3ccc(-c4cnc(C5C6CCC(C6)[C@@H]5C(=O)NC(c5cccnc5)C(C)C)[nH]4)cc3)cc2)[nH]1)C(C)C. The van der Waals surface area contributed by atoms with Crippen LogP contribution in [0.25, 0.3) is 33.6 Å². The number of carbonyl (C=O) groups excluding carboxylic acids is 3. The second-order valence-corrected chi connectivity index (χ2v) is 17.0. The largest absolute Gasteiger partial charge is 0.453 e. The van der Waals surface area contributed by atoms with Crippen molar-refractivity contribution in [3.8, 4) is 33.6 Å². The lowest BCUT2D eigenvalue weighted by atomic mass is 9.78. The first kappa shape index (κ1) is 39.1. The van der Waals surface area contributed by atoms with E-state index in [-0.39, 0.29) is 47.6 Å². The van der Waals surface area contributed by atoms with Gasteiger partial charge in [0.25, 0.3) is 0 Å². The Labute approximate surface area is 340 Å². The number of nitrogens with one attached hydrogen (secondary N) is 4. The number of aromatic amines is 2. The Balaban J connectivity index is 0.928. The molecule has 302 valence electrons. The lowest BCUT2D eigenvalue weighted by molar-refractivity contribution is -0.135. The molecule has 5 aromatic rings. The van der Waals surface area contributed by atoms with Crippen molar-refractivity contribution in [2.75, 3.05) is 13.7 Å². The van der Waals surface area contributed by atoms with Gasteiger partial charge in [-0.3, -0.25) is 14.6 Å². The van der Waals surface area contributed by atoms with Gasteiger partial charge in [0.05, 0.1) is 48.9 Å². The van der Waals surface area contributed by atoms with E-state index in [4.69, 9.17) is 14.7 Å². The van der Waals surface area contributed by atoms with E-state index in [0.717, 1.165) is 83.0 Å². The van der Waals surface area contributed by atoms with Crippen LogP contribution in [0.5, 0.6) is 0 Å². The van der Waals surface area contributed by atoms with E-state index in [0.29, 0.717) is 18.4 Å². The first-order valence-corrected chi connectivity index (χ1v) is 20.8. The highest BCUT2D eigenvalue weighted by Gasteiger charge is 2.52. The molecule has 2 aromatic carbocycles. The molecule has 2 bridgehead atoms. The molecule has 3 amide bonds. The molecule has 12 nitrogen and oxygen atoms in total. The molecule has 0 radical (unpaired) electrons. The van der Waals surface area contributed by atoms with Crippen LogP contribution in [0.15, 0.2) is 85.5 Å². The number of alkyl carbamates (subject to hydrolysis) is 1. The van der Waals surface area contributed by atoms with E-state index in [1.807, 2.05) is 49.5 Å². The number of benzene rings is 2. The van der Waals surface area contributed by atoms with Crippen LogP contribution in [-0.4, -0.2) is 67.4 Å². The number of pyridine rings is 1. The molecule has 2 saturated carbocycles. The number of rotatable bonds is 12. The van der Waals surface area contributed by atoms with Crippen LogP contribution in [0.4, 0.5) is 4.79 Å². The molecular weight excluding hydrogens is 729 g/mol. The summed E-state index contributed by atoms with van der Waals surface area (Å²) in [6, 6.07) is 19.9. The molecule has 4 heterocycles. The standard InChI is InChI=1S/C46H54N8O4/c1-26(2)40(34-8-6-20-47-23-34)52-44(55)39-33-19-18-32(22-33)38(39)43-49-25-36(51-43)31-16-12-29(13-17-31)28-10-14-30(15-11-28)35-24-48-42(50-35)37-9-7-21-54(37)45(56)41(27(3)4)53-46(57)58-5/h6,8,10-17,20,23-27,32-33,37-41H,7,9,18-19,21-22H2,1-5H3,(H,48,50)(H,49,51)(H,52,55)(H,53,57)/t32?,33?,37-,38?,39-,40?,41-/m0/s1. The number of methoxy groups -OCH3 is 1. The Hall–Kier alpha value is -5.78. The molecule has 3 aromatic heterocycles. The third-order valence-corrected chi connectivity index (χ3v) is 12.7. The minimum atomic E-state index is -0.678. The molecule has 3 aliphatic rings. The normalized spacial score (nSPS) is 22.3. The fourth-order valence-electron chi connectivity index (χ4n) is 9.69. The Bertz CT molecular complexity index is 2210. The van der Waals surface area contributed by atoms with Crippen molar-refractivity contribution in [3.63, 3.8) is 0 Å². The number of H-pyrrole nitrogens is 2. The van der Waals surface area contributed by atoms with Gasteiger partial charge in [0.1, 0.15) is 17.7 Å². The first-order valence-electron chi connectivity index (χ1n) is 20.8. The van der Waals surface area contributed by atoms with Crippen molar-refractivity contribution in [1.82, 2.24) is 40.5 Å². The zero-order chi connectivity index (χ0) is 40.5. The van der Waals surface area contributed by atoms with E-state index in [1.165, 1.54) is 7.11 Å². The van der Waals surface area contributed by atoms with Gasteiger partial charge in [0.2, 0.25) is 11.8 Å². The highest BCUT2D eigenvalue weighted by Crippen LogP contribution is 2.56. The van der Waals surface area contributed by atoms with Crippen molar-refractivity contribution in [2.24, 2.45) is 29.6 Å². The number of ether oxygens (including phenoxy) is 1. The summed E-state index contributed by atoms with van der Waals surface area (Å²) in [5, 5.41) is 6.12. The van der Waals surface area contributed by atoms with Crippen LogP contribution in [0, 0.1) is 29.6 Å². The summed E-state index contributed by atoms with van der Waals surface area (Å²) in [5.41, 5.74) is 7.09. The van der Waals surface area contributed by atoms with Gasteiger partial charge in [0.15, 0.2) is 0 Å². The number of aromatic nitrogens is 5. The van der Waals surface area contributed by atoms with Crippen molar-refractivity contribution < 1.29 is 19.1 Å². The van der Waals surface area contributed by atoms with Gasteiger partial charge in [-0.15, -0.1) is 0 Å². The van der Waals surface area contributed by atoms with Gasteiger partial charge in [-0.2, -0.15) is 0 Å². The third kappa shape index (κ3) is 7.76. The molecule has 1 aliphatic heterocycles. The Morgan fingerprint density at radius 2 is 1.38 bits per heavy atom. The number of carbonyl (C=O) groups is 3. The van der Waals surface area contributed by atoms with E-state index >= 15 is 0 Å². The molecule has 0 spiro atoms. The summed E-state index contributed by atoms with van der Waals surface area (Å²) in [6.45, 7) is 8.71. The molecule has 4 unspecified atom stereocenters. The molecule has 3 fully saturated rings. The van der Waals surface area contributed by atoms with Crippen molar-refractivity contribution >= 4 is 17.9 Å². The van der Waals surface area contributed by atoms with Gasteiger partial charge in [-0.1, -0.05) is 82.3 Å². The Morgan fingerprint density at radius 3 is 1.98 bits per heavy atom. The monoisotopic (exact) mass is 782 g/mol. The summed E-state index contributed by atoms with van der Waals surface area (Å²) in [6.07, 6.45) is 11.7. The fraction of sp³-hybridized carbons (Fsp3) is 0.435. The number of amides is 3. The van der Waals surface area contributed by atoms with Gasteiger partial charge in [-0.25, -0.2) is 14.8 Å². The van der Waals surface area contributed by atoms with Crippen LogP contribution >= 0.6 is 0 Å². The predicted octanol–water partition coefficient (Wildman–Crippen LogP) is 8.22. The van der Waals surface area contributed by atoms with Crippen molar-refractivity contribution in [1.29, 1.82) is 0 Å². The van der Waals surface area contributed by atoms with Gasteiger partial charge in [0, 0.05) is 24.9 Å². The maximum atomic E-state index is 14.0. The number of fused-ring (bicyclic) bond motifs is 2. The molecule has 4 N–H and O–H groups in total. The molecule has 7 atom stereocenters. The van der Waals surface area contributed by atoms with E-state index < -0.39 is 12.1 Å². The van der Waals surface area contributed by atoms with Crippen molar-refractivity contribution in [3.05, 3.63) is 103 Å². The molecule has 58 heavy (non-hydrogen) atoms. The van der Waals surface area contributed by atoms with E-state index in [1.54, 1.807) is 6.20 Å². The number of likely N-dealkylation sites (tertiary alicyclic amines) is 1. The molecule has 8 rings (SSSR count). The van der Waals surface area contributed by atoms with E-state index in [2.05, 4.69) is 88.0 Å². The predicted molar refractivity (Wildman–Crippen MR) is 222 cm³/mol. The number of hydrogen-bond acceptors (Lipinski definition) is 7. The smallest absolute Gasteiger partial charge is 0.407 e. The quantitative estimate of drug-likeness (QED) is 0.0993. The lowest BCUT2D eigenvalue weighted by Gasteiger charge is -2.31. The summed E-state index contributed by atoms with van der Waals surface area (Å²) in [5.74, 6) is 2.59. The Morgan fingerprint density at radius 1 is 0.759 bits per heavy atom. The summed E-state index contributed by atoms with van der Waals surface area (Å²) in [7, 11) is 1.30. The fourth-order valence-corrected chi connectivity index (χ4v) is 9.69. The second kappa shape index (κ2) is 16.6. The van der Waals surface area contributed by atoms with Gasteiger partial charge >= 0.3 is 6.09 Å². The molecular formula is C46H54N8O4. The number of nitrogens with zero attached hydrogens (tertiary/aromatic N) is 4.